The maximum absolute atomic E-state index is 11.1. The number of benzene rings is 2. The van der Waals surface area contributed by atoms with E-state index in [2.05, 4.69) is 10.5 Å². The molecule has 0 aromatic heterocycles. The quantitative estimate of drug-likeness (QED) is 0.317. The second kappa shape index (κ2) is 7.95. The van der Waals surface area contributed by atoms with E-state index in [-0.39, 0.29) is 5.71 Å². The summed E-state index contributed by atoms with van der Waals surface area (Å²) in [7, 11) is 0. The first-order valence-corrected chi connectivity index (χ1v) is 7.00. The maximum Gasteiger partial charge on any atom is 0.358 e. The van der Waals surface area contributed by atoms with Crippen LogP contribution in [0.3, 0.4) is 0 Å². The minimum Gasteiger partial charge on any atom is -0.476 e. The highest BCUT2D eigenvalue weighted by atomic mass is 16.4. The van der Waals surface area contributed by atoms with E-state index < -0.39 is 5.97 Å². The molecule has 0 saturated carbocycles. The molecule has 0 spiro atoms. The number of carbonyl (C=O) groups is 1. The van der Waals surface area contributed by atoms with Gasteiger partial charge in [-0.05, 0) is 24.1 Å². The normalized spacial score (nSPS) is 11.4. The van der Waals surface area contributed by atoms with Gasteiger partial charge in [0.05, 0.1) is 0 Å². The molecule has 0 aliphatic heterocycles. The molecule has 0 atom stereocenters. The van der Waals surface area contributed by atoms with Gasteiger partial charge < -0.3 is 15.6 Å². The lowest BCUT2D eigenvalue weighted by atomic mass is 10.0. The number of nitrogens with one attached hydrogen (secondary N) is 1. The zero-order chi connectivity index (χ0) is 15.8. The van der Waals surface area contributed by atoms with E-state index in [1.54, 1.807) is 12.1 Å². The van der Waals surface area contributed by atoms with Crippen molar-refractivity contribution in [1.29, 1.82) is 0 Å². The molecule has 3 N–H and O–H groups in total. The highest BCUT2D eigenvalue weighted by molar-refractivity contribution is 6.42. The average Bonchev–Trinajstić information content (AvgIpc) is 2.54. The van der Waals surface area contributed by atoms with Crippen LogP contribution in [0.25, 0.3) is 0 Å². The van der Waals surface area contributed by atoms with E-state index in [4.69, 9.17) is 10.3 Å². The second-order valence-electron chi connectivity index (χ2n) is 4.82. The largest absolute Gasteiger partial charge is 0.476 e. The van der Waals surface area contributed by atoms with Crippen LogP contribution >= 0.6 is 0 Å². The molecular weight excluding hydrogens is 280 g/mol. The van der Waals surface area contributed by atoms with Crippen molar-refractivity contribution >= 4 is 11.7 Å². The molecule has 0 amide bonds. The van der Waals surface area contributed by atoms with Crippen LogP contribution in [-0.2, 0) is 17.8 Å². The maximum atomic E-state index is 11.1. The number of hydrogen-bond donors (Lipinski definition) is 3. The number of nitrogens with zero attached hydrogens (tertiary/aromatic N) is 1. The molecule has 0 aliphatic carbocycles. The predicted molar refractivity (Wildman–Crippen MR) is 84.3 cm³/mol. The monoisotopic (exact) mass is 298 g/mol. The summed E-state index contributed by atoms with van der Waals surface area (Å²) in [6, 6.07) is 17.1. The molecule has 0 unspecified atom stereocenters. The van der Waals surface area contributed by atoms with Gasteiger partial charge >= 0.3 is 5.97 Å². The SMILES string of the molecule is O=C(O)/C(=N\O)c1ccccc1CCNCc1ccccc1. The van der Waals surface area contributed by atoms with Gasteiger partial charge in [0.25, 0.3) is 0 Å². The number of carboxylic acid groups (broad SMARTS) is 1. The van der Waals surface area contributed by atoms with Gasteiger partial charge in [0.2, 0.25) is 0 Å². The summed E-state index contributed by atoms with van der Waals surface area (Å²) in [5.41, 5.74) is 2.13. The van der Waals surface area contributed by atoms with Gasteiger partial charge in [-0.15, -0.1) is 0 Å². The third-order valence-corrected chi connectivity index (χ3v) is 3.32. The van der Waals surface area contributed by atoms with E-state index in [0.717, 1.165) is 12.1 Å². The molecule has 0 bridgehead atoms. The summed E-state index contributed by atoms with van der Waals surface area (Å²) in [6.45, 7) is 1.45. The summed E-state index contributed by atoms with van der Waals surface area (Å²) < 4.78 is 0. The summed E-state index contributed by atoms with van der Waals surface area (Å²) in [5, 5.41) is 24.2. The van der Waals surface area contributed by atoms with Crippen LogP contribution in [0, 0.1) is 0 Å². The average molecular weight is 298 g/mol. The van der Waals surface area contributed by atoms with Gasteiger partial charge in [0, 0.05) is 12.1 Å². The van der Waals surface area contributed by atoms with Crippen LogP contribution in [-0.4, -0.2) is 28.5 Å². The standard InChI is InChI=1S/C17H18N2O3/c20-17(21)16(19-22)15-9-5-4-8-14(15)10-11-18-12-13-6-2-1-3-7-13/h1-9,18,22H,10-12H2,(H,20,21)/b19-16-. The topological polar surface area (TPSA) is 81.9 Å². The van der Waals surface area contributed by atoms with Crippen LogP contribution < -0.4 is 5.32 Å². The highest BCUT2D eigenvalue weighted by Crippen LogP contribution is 2.11. The van der Waals surface area contributed by atoms with Crippen molar-refractivity contribution in [2.75, 3.05) is 6.54 Å². The summed E-state index contributed by atoms with van der Waals surface area (Å²) in [6.07, 6.45) is 0.648. The van der Waals surface area contributed by atoms with Crippen molar-refractivity contribution in [1.82, 2.24) is 5.32 Å². The second-order valence-corrected chi connectivity index (χ2v) is 4.82. The van der Waals surface area contributed by atoms with Crippen molar-refractivity contribution in [3.8, 4) is 0 Å². The van der Waals surface area contributed by atoms with Crippen molar-refractivity contribution in [3.63, 3.8) is 0 Å². The summed E-state index contributed by atoms with van der Waals surface area (Å²) in [5.74, 6) is -1.24. The van der Waals surface area contributed by atoms with Gasteiger partial charge in [-0.1, -0.05) is 59.8 Å². The highest BCUT2D eigenvalue weighted by Gasteiger charge is 2.16. The molecule has 2 aromatic carbocycles. The molecule has 0 radical (unpaired) electrons. The molecule has 0 saturated heterocycles. The fourth-order valence-corrected chi connectivity index (χ4v) is 2.23. The van der Waals surface area contributed by atoms with E-state index in [1.165, 1.54) is 5.56 Å². The lowest BCUT2D eigenvalue weighted by molar-refractivity contribution is -0.129. The Hall–Kier alpha value is -2.66. The van der Waals surface area contributed by atoms with Crippen molar-refractivity contribution in [2.45, 2.75) is 13.0 Å². The Morgan fingerprint density at radius 2 is 1.73 bits per heavy atom. The van der Waals surface area contributed by atoms with Gasteiger partial charge in [0.15, 0.2) is 5.71 Å². The van der Waals surface area contributed by atoms with E-state index in [0.29, 0.717) is 18.5 Å². The Bertz CT molecular complexity index is 654. The first-order valence-electron chi connectivity index (χ1n) is 7.00. The molecule has 0 aliphatic rings. The Morgan fingerprint density at radius 1 is 1.05 bits per heavy atom. The zero-order valence-corrected chi connectivity index (χ0v) is 12.1. The lowest BCUT2D eigenvalue weighted by Crippen LogP contribution is -2.20. The molecule has 5 heteroatoms. The van der Waals surface area contributed by atoms with Gasteiger partial charge in [-0.3, -0.25) is 0 Å². The lowest BCUT2D eigenvalue weighted by Gasteiger charge is -2.09. The fraction of sp³-hybridized carbons (Fsp3) is 0.176. The van der Waals surface area contributed by atoms with Crippen LogP contribution in [0.2, 0.25) is 0 Å². The van der Waals surface area contributed by atoms with Gasteiger partial charge in [0.1, 0.15) is 0 Å². The van der Waals surface area contributed by atoms with Gasteiger partial charge in [-0.2, -0.15) is 0 Å². The minimum atomic E-state index is -1.24. The molecule has 0 fully saturated rings. The Kier molecular flexibility index (Phi) is 5.68. The molecule has 2 rings (SSSR count). The van der Waals surface area contributed by atoms with Crippen LogP contribution in [0.5, 0.6) is 0 Å². The third kappa shape index (κ3) is 4.17. The van der Waals surface area contributed by atoms with Crippen LogP contribution in [0.4, 0.5) is 0 Å². The van der Waals surface area contributed by atoms with Crippen molar-refractivity contribution in [3.05, 3.63) is 71.3 Å². The number of aliphatic carboxylic acids is 1. The smallest absolute Gasteiger partial charge is 0.358 e. The van der Waals surface area contributed by atoms with Gasteiger partial charge in [-0.25, -0.2) is 4.79 Å². The Labute approximate surface area is 128 Å². The number of hydrogen-bond acceptors (Lipinski definition) is 4. The first-order chi connectivity index (χ1) is 10.7. The van der Waals surface area contributed by atoms with Crippen LogP contribution in [0.1, 0.15) is 16.7 Å². The van der Waals surface area contributed by atoms with Crippen molar-refractivity contribution < 1.29 is 15.1 Å². The predicted octanol–water partition coefficient (Wildman–Crippen LogP) is 2.28. The zero-order valence-electron chi connectivity index (χ0n) is 12.1. The van der Waals surface area contributed by atoms with E-state index >= 15 is 0 Å². The Balaban J connectivity index is 1.97. The fourth-order valence-electron chi connectivity index (χ4n) is 2.23. The summed E-state index contributed by atoms with van der Waals surface area (Å²) in [4.78, 5) is 11.1. The summed E-state index contributed by atoms with van der Waals surface area (Å²) >= 11 is 0. The molecular formula is C17H18N2O3. The molecule has 0 heterocycles. The van der Waals surface area contributed by atoms with E-state index in [9.17, 15) is 4.79 Å². The first kappa shape index (κ1) is 15.7. The van der Waals surface area contributed by atoms with E-state index in [1.807, 2.05) is 42.5 Å². The molecule has 22 heavy (non-hydrogen) atoms. The third-order valence-electron chi connectivity index (χ3n) is 3.32. The van der Waals surface area contributed by atoms with Crippen molar-refractivity contribution in [2.24, 2.45) is 5.16 Å². The Morgan fingerprint density at radius 3 is 2.41 bits per heavy atom. The number of oxime groups is 1. The minimum absolute atomic E-state index is 0.335. The molecule has 5 nitrogen and oxygen atoms in total. The molecule has 2 aromatic rings. The van der Waals surface area contributed by atoms with Crippen LogP contribution in [0.15, 0.2) is 59.8 Å². The number of carboxylic acids is 1. The number of rotatable bonds is 7. The molecule has 114 valence electrons.